The maximum Gasteiger partial charge on any atom is 0.216 e. The molecule has 2 N–H and O–H groups in total. The van der Waals surface area contributed by atoms with Gasteiger partial charge in [-0.25, -0.2) is 0 Å². The minimum Gasteiger partial charge on any atom is -0.460 e. The lowest BCUT2D eigenvalue weighted by Gasteiger charge is -2.12. The van der Waals surface area contributed by atoms with Gasteiger partial charge in [0.25, 0.3) is 0 Å². The van der Waals surface area contributed by atoms with Gasteiger partial charge in [0.05, 0.1) is 16.8 Å². The molecular formula is C9H12BrNO2. The van der Waals surface area contributed by atoms with E-state index in [-0.39, 0.29) is 11.7 Å². The summed E-state index contributed by atoms with van der Waals surface area (Å²) in [6.07, 6.45) is 1.46. The van der Waals surface area contributed by atoms with Gasteiger partial charge in [0.1, 0.15) is 0 Å². The number of ketones is 1. The van der Waals surface area contributed by atoms with Crippen molar-refractivity contribution in [3.05, 3.63) is 22.6 Å². The van der Waals surface area contributed by atoms with Crippen molar-refractivity contribution in [2.45, 2.75) is 19.9 Å². The van der Waals surface area contributed by atoms with Gasteiger partial charge in [0.15, 0.2) is 5.76 Å². The predicted octanol–water partition coefficient (Wildman–Crippen LogP) is 2.21. The monoisotopic (exact) mass is 245 g/mol. The quantitative estimate of drug-likeness (QED) is 0.832. The topological polar surface area (TPSA) is 56.2 Å². The molecular weight excluding hydrogens is 234 g/mol. The van der Waals surface area contributed by atoms with Crippen molar-refractivity contribution >= 4 is 21.7 Å². The molecule has 0 spiro atoms. The lowest BCUT2D eigenvalue weighted by atomic mass is 10.00. The van der Waals surface area contributed by atoms with Gasteiger partial charge in [-0.3, -0.25) is 4.79 Å². The number of carbonyl (C=O) groups excluding carboxylic acids is 1. The Bertz CT molecular complexity index is 306. The Hall–Kier alpha value is -0.610. The van der Waals surface area contributed by atoms with Crippen molar-refractivity contribution in [1.82, 2.24) is 0 Å². The van der Waals surface area contributed by atoms with Crippen molar-refractivity contribution in [3.8, 4) is 0 Å². The highest BCUT2D eigenvalue weighted by Crippen LogP contribution is 2.20. The molecule has 0 aliphatic heterocycles. The molecule has 0 aliphatic carbocycles. The molecule has 1 unspecified atom stereocenters. The molecule has 1 heterocycles. The van der Waals surface area contributed by atoms with Crippen LogP contribution in [0.1, 0.15) is 24.4 Å². The maximum atomic E-state index is 11.6. The van der Waals surface area contributed by atoms with E-state index >= 15 is 0 Å². The smallest absolute Gasteiger partial charge is 0.216 e. The lowest BCUT2D eigenvalue weighted by molar-refractivity contribution is 0.0911. The first kappa shape index (κ1) is 10.5. The Labute approximate surface area is 85.4 Å². The Morgan fingerprint density at radius 3 is 2.62 bits per heavy atom. The van der Waals surface area contributed by atoms with Gasteiger partial charge in [0, 0.05) is 0 Å². The van der Waals surface area contributed by atoms with Crippen LogP contribution in [0.15, 0.2) is 21.2 Å². The number of nitrogens with two attached hydrogens (primary N) is 1. The van der Waals surface area contributed by atoms with E-state index in [0.717, 1.165) is 0 Å². The van der Waals surface area contributed by atoms with Gasteiger partial charge < -0.3 is 10.2 Å². The second kappa shape index (κ2) is 4.07. The second-order valence-electron chi connectivity index (χ2n) is 3.23. The van der Waals surface area contributed by atoms with Gasteiger partial charge in [-0.15, -0.1) is 0 Å². The second-order valence-corrected chi connectivity index (χ2v) is 4.09. The van der Waals surface area contributed by atoms with E-state index in [0.29, 0.717) is 10.2 Å². The Morgan fingerprint density at radius 1 is 1.62 bits per heavy atom. The van der Waals surface area contributed by atoms with Crippen LogP contribution >= 0.6 is 15.9 Å². The van der Waals surface area contributed by atoms with Crippen LogP contribution in [0, 0.1) is 5.92 Å². The minimum absolute atomic E-state index is 0.115. The summed E-state index contributed by atoms with van der Waals surface area (Å²) in [5.74, 6) is 0.262. The molecule has 0 bridgehead atoms. The van der Waals surface area contributed by atoms with Crippen LogP contribution in [0.2, 0.25) is 0 Å². The fourth-order valence-corrected chi connectivity index (χ4v) is 1.32. The minimum atomic E-state index is -0.498. The fraction of sp³-hybridized carbons (Fsp3) is 0.444. The number of furan rings is 1. The van der Waals surface area contributed by atoms with Crippen molar-refractivity contribution in [2.75, 3.05) is 0 Å². The molecule has 4 heteroatoms. The molecule has 0 aliphatic rings. The van der Waals surface area contributed by atoms with Gasteiger partial charge in [0.2, 0.25) is 5.78 Å². The number of carbonyl (C=O) groups is 1. The van der Waals surface area contributed by atoms with Crippen molar-refractivity contribution in [3.63, 3.8) is 0 Å². The third kappa shape index (κ3) is 2.19. The summed E-state index contributed by atoms with van der Waals surface area (Å²) in [6, 6.07) is 1.18. The molecule has 3 nitrogen and oxygen atoms in total. The molecule has 0 aromatic carbocycles. The third-order valence-corrected chi connectivity index (χ3v) is 2.49. The largest absolute Gasteiger partial charge is 0.460 e. The van der Waals surface area contributed by atoms with Crippen LogP contribution in [0.3, 0.4) is 0 Å². The molecule has 1 aromatic rings. The summed E-state index contributed by atoms with van der Waals surface area (Å²) >= 11 is 3.21. The van der Waals surface area contributed by atoms with Gasteiger partial charge in [-0.1, -0.05) is 13.8 Å². The first-order valence-corrected chi connectivity index (χ1v) is 4.86. The Kier molecular flexibility index (Phi) is 3.27. The van der Waals surface area contributed by atoms with Crippen LogP contribution in [0.25, 0.3) is 0 Å². The van der Waals surface area contributed by atoms with Crippen LogP contribution in [0.4, 0.5) is 0 Å². The zero-order valence-corrected chi connectivity index (χ0v) is 9.17. The number of rotatable bonds is 3. The van der Waals surface area contributed by atoms with Crippen LogP contribution < -0.4 is 5.73 Å². The summed E-state index contributed by atoms with van der Waals surface area (Å²) in [5.41, 5.74) is 5.69. The summed E-state index contributed by atoms with van der Waals surface area (Å²) < 4.78 is 5.68. The number of hydrogen-bond acceptors (Lipinski definition) is 3. The first-order valence-electron chi connectivity index (χ1n) is 4.06. The van der Waals surface area contributed by atoms with Crippen molar-refractivity contribution in [2.24, 2.45) is 11.7 Å². The summed E-state index contributed by atoms with van der Waals surface area (Å²) in [7, 11) is 0. The van der Waals surface area contributed by atoms with Crippen LogP contribution in [-0.4, -0.2) is 11.8 Å². The van der Waals surface area contributed by atoms with Gasteiger partial charge >= 0.3 is 0 Å². The van der Waals surface area contributed by atoms with E-state index in [2.05, 4.69) is 15.9 Å². The lowest BCUT2D eigenvalue weighted by Crippen LogP contribution is -2.35. The molecule has 1 atom stereocenters. The van der Waals surface area contributed by atoms with E-state index in [9.17, 15) is 4.79 Å². The van der Waals surface area contributed by atoms with E-state index in [4.69, 9.17) is 10.2 Å². The molecule has 0 fully saturated rings. The van der Waals surface area contributed by atoms with Crippen LogP contribution in [-0.2, 0) is 0 Å². The Balaban J connectivity index is 2.86. The molecule has 1 rings (SSSR count). The first-order chi connectivity index (χ1) is 6.04. The molecule has 72 valence electrons. The van der Waals surface area contributed by atoms with Crippen molar-refractivity contribution < 1.29 is 9.21 Å². The van der Waals surface area contributed by atoms with E-state index in [1.54, 1.807) is 6.07 Å². The maximum absolute atomic E-state index is 11.6. The SMILES string of the molecule is CC(C)C(N)C(=O)c1occc1Br. The van der Waals surface area contributed by atoms with E-state index in [1.807, 2.05) is 13.8 Å². The fourth-order valence-electron chi connectivity index (χ4n) is 0.924. The molecule has 1 aromatic heterocycles. The summed E-state index contributed by atoms with van der Waals surface area (Å²) in [6.45, 7) is 3.80. The van der Waals surface area contributed by atoms with Crippen molar-refractivity contribution in [1.29, 1.82) is 0 Å². The summed E-state index contributed by atoms with van der Waals surface area (Å²) in [4.78, 5) is 11.6. The molecule has 0 radical (unpaired) electrons. The highest BCUT2D eigenvalue weighted by molar-refractivity contribution is 9.10. The van der Waals surface area contributed by atoms with Gasteiger partial charge in [-0.05, 0) is 27.9 Å². The number of hydrogen-bond donors (Lipinski definition) is 1. The number of halogens is 1. The standard InChI is InChI=1S/C9H12BrNO2/c1-5(2)7(11)8(12)9-6(10)3-4-13-9/h3-5,7H,11H2,1-2H3. The van der Waals surface area contributed by atoms with E-state index < -0.39 is 6.04 Å². The molecule has 13 heavy (non-hydrogen) atoms. The zero-order valence-electron chi connectivity index (χ0n) is 7.58. The average molecular weight is 246 g/mol. The third-order valence-electron chi connectivity index (χ3n) is 1.86. The van der Waals surface area contributed by atoms with E-state index in [1.165, 1.54) is 6.26 Å². The summed E-state index contributed by atoms with van der Waals surface area (Å²) in [5, 5.41) is 0. The highest BCUT2D eigenvalue weighted by Gasteiger charge is 2.23. The van der Waals surface area contributed by atoms with Gasteiger partial charge in [-0.2, -0.15) is 0 Å². The van der Waals surface area contributed by atoms with Crippen LogP contribution in [0.5, 0.6) is 0 Å². The molecule has 0 amide bonds. The normalized spacial score (nSPS) is 13.3. The molecule has 0 saturated heterocycles. The number of Topliss-reactive ketones (excluding diaryl/α,β-unsaturated/α-hetero) is 1. The average Bonchev–Trinajstić information content (AvgIpc) is 2.48. The Morgan fingerprint density at radius 2 is 2.23 bits per heavy atom. The molecule has 0 saturated carbocycles. The highest BCUT2D eigenvalue weighted by atomic mass is 79.9. The zero-order chi connectivity index (χ0) is 10.0. The predicted molar refractivity (Wildman–Crippen MR) is 53.6 cm³/mol.